The summed E-state index contributed by atoms with van der Waals surface area (Å²) >= 11 is 0. The van der Waals surface area contributed by atoms with E-state index < -0.39 is 10.0 Å². The first-order valence-electron chi connectivity index (χ1n) is 13.4. The van der Waals surface area contributed by atoms with Gasteiger partial charge in [0.2, 0.25) is 10.0 Å². The molecule has 0 atom stereocenters. The molecule has 0 unspecified atom stereocenters. The van der Waals surface area contributed by atoms with Crippen LogP contribution in [0.15, 0.2) is 95.4 Å². The molecule has 1 fully saturated rings. The van der Waals surface area contributed by atoms with Gasteiger partial charge in [0.05, 0.1) is 4.90 Å². The van der Waals surface area contributed by atoms with Crippen LogP contribution >= 0.6 is 0 Å². The van der Waals surface area contributed by atoms with Crippen molar-refractivity contribution in [2.24, 2.45) is 0 Å². The number of hydrogen-bond acceptors (Lipinski definition) is 2. The molecule has 4 heteroatoms. The first-order valence-corrected chi connectivity index (χ1v) is 14.8. The summed E-state index contributed by atoms with van der Waals surface area (Å²) in [5.41, 5.74) is 9.13. The van der Waals surface area contributed by atoms with Crippen LogP contribution in [-0.4, -0.2) is 25.8 Å². The Morgan fingerprint density at radius 3 is 1.58 bits per heavy atom. The summed E-state index contributed by atoms with van der Waals surface area (Å²) in [5, 5.41) is 0. The number of hydrogen-bond donors (Lipinski definition) is 0. The zero-order chi connectivity index (χ0) is 27.9. The Morgan fingerprint density at radius 2 is 1.18 bits per heavy atom. The van der Waals surface area contributed by atoms with E-state index >= 15 is 0 Å². The molecular formula is C34H41NO2S. The molecule has 1 aliphatic heterocycles. The number of sulfonamides is 1. The number of aryl methyl sites for hydroxylation is 1. The third-order valence-electron chi connectivity index (χ3n) is 7.44. The summed E-state index contributed by atoms with van der Waals surface area (Å²) in [4.78, 5) is 0.332. The molecule has 1 heterocycles. The van der Waals surface area contributed by atoms with E-state index in [2.05, 4.69) is 96.7 Å². The maximum atomic E-state index is 13.4. The highest BCUT2D eigenvalue weighted by Crippen LogP contribution is 2.37. The van der Waals surface area contributed by atoms with E-state index in [-0.39, 0.29) is 17.4 Å². The van der Waals surface area contributed by atoms with Crippen LogP contribution in [0.25, 0.3) is 5.57 Å². The van der Waals surface area contributed by atoms with Gasteiger partial charge in [0.1, 0.15) is 0 Å². The van der Waals surface area contributed by atoms with Gasteiger partial charge in [-0.2, -0.15) is 4.31 Å². The minimum absolute atomic E-state index is 0.0689. The zero-order valence-electron chi connectivity index (χ0n) is 23.9. The Kier molecular flexibility index (Phi) is 7.62. The van der Waals surface area contributed by atoms with Gasteiger partial charge in [-0.3, -0.25) is 0 Å². The molecule has 1 saturated heterocycles. The average molecular weight is 528 g/mol. The van der Waals surface area contributed by atoms with Crippen LogP contribution in [0.3, 0.4) is 0 Å². The molecule has 200 valence electrons. The highest BCUT2D eigenvalue weighted by molar-refractivity contribution is 7.89. The summed E-state index contributed by atoms with van der Waals surface area (Å²) in [6, 6.07) is 24.7. The Morgan fingerprint density at radius 1 is 0.737 bits per heavy atom. The predicted molar refractivity (Wildman–Crippen MR) is 160 cm³/mol. The second-order valence-electron chi connectivity index (χ2n) is 12.5. The monoisotopic (exact) mass is 527 g/mol. The van der Waals surface area contributed by atoms with E-state index in [4.69, 9.17) is 0 Å². The molecule has 0 radical (unpaired) electrons. The van der Waals surface area contributed by atoms with Crippen molar-refractivity contribution in [1.82, 2.24) is 4.31 Å². The number of benzene rings is 3. The Hall–Kier alpha value is -2.95. The van der Waals surface area contributed by atoms with Gasteiger partial charge in [-0.15, -0.1) is 0 Å². The lowest BCUT2D eigenvalue weighted by Gasteiger charge is -2.31. The minimum atomic E-state index is -3.58. The number of nitrogens with zero attached hydrogens (tertiary/aromatic N) is 1. The fraction of sp³-hybridized carbons (Fsp3) is 0.353. The van der Waals surface area contributed by atoms with Gasteiger partial charge in [0.25, 0.3) is 0 Å². The summed E-state index contributed by atoms with van der Waals surface area (Å²) < 4.78 is 28.3. The summed E-state index contributed by atoms with van der Waals surface area (Å²) in [6.07, 6.45) is 0.612. The van der Waals surface area contributed by atoms with Gasteiger partial charge in [0.15, 0.2) is 0 Å². The predicted octanol–water partition coefficient (Wildman–Crippen LogP) is 8.04. The SMILES string of the molecule is C=C1CN(S(=O)(=O)c2ccc(C)cc2)CCC1=C(c1ccc(C(C)(C)C)cc1)c1ccc(C(C)(C)C)cc1. The van der Waals surface area contributed by atoms with Crippen LogP contribution in [0, 0.1) is 6.92 Å². The van der Waals surface area contributed by atoms with Gasteiger partial charge in [0, 0.05) is 13.1 Å². The van der Waals surface area contributed by atoms with E-state index in [0.717, 1.165) is 33.4 Å². The molecular weight excluding hydrogens is 486 g/mol. The average Bonchev–Trinajstić information content (AvgIpc) is 2.85. The van der Waals surface area contributed by atoms with E-state index in [1.54, 1.807) is 16.4 Å². The van der Waals surface area contributed by atoms with Crippen LogP contribution in [0.2, 0.25) is 0 Å². The van der Waals surface area contributed by atoms with Crippen molar-refractivity contribution in [2.45, 2.75) is 70.6 Å². The van der Waals surface area contributed by atoms with Crippen molar-refractivity contribution < 1.29 is 8.42 Å². The van der Waals surface area contributed by atoms with Gasteiger partial charge < -0.3 is 0 Å². The quantitative estimate of drug-likeness (QED) is 0.344. The van der Waals surface area contributed by atoms with E-state index in [0.29, 0.717) is 17.9 Å². The molecule has 4 rings (SSSR count). The molecule has 3 aromatic carbocycles. The summed E-state index contributed by atoms with van der Waals surface area (Å²) in [6.45, 7) is 20.4. The first kappa shape index (κ1) is 28.1. The van der Waals surface area contributed by atoms with Gasteiger partial charge in [-0.25, -0.2) is 8.42 Å². The van der Waals surface area contributed by atoms with E-state index in [9.17, 15) is 8.42 Å². The fourth-order valence-electron chi connectivity index (χ4n) is 4.96. The van der Waals surface area contributed by atoms with Gasteiger partial charge in [-0.05, 0) is 75.3 Å². The van der Waals surface area contributed by atoms with Crippen LogP contribution in [-0.2, 0) is 20.9 Å². The van der Waals surface area contributed by atoms with Crippen molar-refractivity contribution in [3.63, 3.8) is 0 Å². The van der Waals surface area contributed by atoms with Crippen LogP contribution in [0.5, 0.6) is 0 Å². The van der Waals surface area contributed by atoms with Crippen LogP contribution in [0.4, 0.5) is 0 Å². The molecule has 0 amide bonds. The second kappa shape index (κ2) is 10.3. The standard InChI is InChI=1S/C34H41NO2S/c1-24-9-19-30(20-10-24)38(36,37)35-22-21-31(25(2)23-35)32(26-11-15-28(16-12-26)33(3,4)5)27-13-17-29(18-14-27)34(6,7)8/h9-20H,2,21-23H2,1,3-8H3. The molecule has 0 aromatic heterocycles. The maximum absolute atomic E-state index is 13.4. The molecule has 3 nitrogen and oxygen atoms in total. The minimum Gasteiger partial charge on any atom is -0.207 e. The highest BCUT2D eigenvalue weighted by Gasteiger charge is 2.31. The first-order chi connectivity index (χ1) is 17.7. The van der Waals surface area contributed by atoms with Gasteiger partial charge >= 0.3 is 0 Å². The lowest BCUT2D eigenvalue weighted by molar-refractivity contribution is 0.422. The highest BCUT2D eigenvalue weighted by atomic mass is 32.2. The fourth-order valence-corrected chi connectivity index (χ4v) is 6.39. The lowest BCUT2D eigenvalue weighted by Crippen LogP contribution is -2.37. The molecule has 0 N–H and O–H groups in total. The third kappa shape index (κ3) is 5.87. The molecule has 3 aromatic rings. The lowest BCUT2D eigenvalue weighted by atomic mass is 9.82. The van der Waals surface area contributed by atoms with Crippen molar-refractivity contribution >= 4 is 15.6 Å². The topological polar surface area (TPSA) is 37.4 Å². The number of rotatable bonds is 4. The summed E-state index contributed by atoms with van der Waals surface area (Å²) in [5.74, 6) is 0. The molecule has 1 aliphatic rings. The molecule has 38 heavy (non-hydrogen) atoms. The Balaban J connectivity index is 1.75. The van der Waals surface area contributed by atoms with E-state index in [1.165, 1.54) is 11.1 Å². The zero-order valence-corrected chi connectivity index (χ0v) is 24.7. The normalized spacial score (nSPS) is 15.6. The summed E-state index contributed by atoms with van der Waals surface area (Å²) in [7, 11) is -3.58. The maximum Gasteiger partial charge on any atom is 0.243 e. The van der Waals surface area contributed by atoms with E-state index in [1.807, 2.05) is 19.1 Å². The second-order valence-corrected chi connectivity index (χ2v) is 14.5. The van der Waals surface area contributed by atoms with Crippen molar-refractivity contribution in [2.75, 3.05) is 13.1 Å². The molecule has 0 aliphatic carbocycles. The van der Waals surface area contributed by atoms with Crippen molar-refractivity contribution in [1.29, 1.82) is 0 Å². The van der Waals surface area contributed by atoms with Crippen molar-refractivity contribution in [3.8, 4) is 0 Å². The van der Waals surface area contributed by atoms with Crippen LogP contribution < -0.4 is 0 Å². The smallest absolute Gasteiger partial charge is 0.207 e. The van der Waals surface area contributed by atoms with Gasteiger partial charge in [-0.1, -0.05) is 114 Å². The van der Waals surface area contributed by atoms with Crippen molar-refractivity contribution in [3.05, 3.63) is 118 Å². The molecule has 0 bridgehead atoms. The Labute approximate surface area is 230 Å². The third-order valence-corrected chi connectivity index (χ3v) is 9.30. The number of piperidine rings is 1. The van der Waals surface area contributed by atoms with Crippen LogP contribution in [0.1, 0.15) is 75.8 Å². The largest absolute Gasteiger partial charge is 0.243 e. The Bertz CT molecular complexity index is 1390. The molecule has 0 saturated carbocycles. The molecule has 0 spiro atoms.